The van der Waals surface area contributed by atoms with Crippen LogP contribution in [0.25, 0.3) is 0 Å². The predicted octanol–water partition coefficient (Wildman–Crippen LogP) is -5.74. The smallest absolute Gasteiger partial charge is 0.176 e. The molecule has 0 aromatic carbocycles. The van der Waals surface area contributed by atoms with Crippen LogP contribution in [0.4, 0.5) is 0 Å². The Morgan fingerprint density at radius 1 is 0.629 bits per heavy atom. The highest BCUT2D eigenvalue weighted by Crippen LogP contribution is 2.32. The minimum Gasteiger partial charge on any atom is -0.394 e. The normalized spacial score (nSPS) is 51.3. The van der Waals surface area contributed by atoms with Gasteiger partial charge >= 0.3 is 0 Å². The first-order chi connectivity index (χ1) is 16.6. The number of hydrogen-bond donors (Lipinski definition) is 9. The van der Waals surface area contributed by atoms with Crippen molar-refractivity contribution in [3.8, 4) is 0 Å². The molecular weight excluding hydrogens is 474 g/mol. The van der Waals surface area contributed by atoms with Crippen LogP contribution in [0.2, 0.25) is 0 Å². The molecule has 15 atom stereocenters. The largest absolute Gasteiger partial charge is 0.394 e. The quantitative estimate of drug-likeness (QED) is 0.146. The van der Waals surface area contributed by atoms with Crippen LogP contribution in [0, 0.1) is 5.92 Å². The summed E-state index contributed by atoms with van der Waals surface area (Å²) in [6, 6.07) is -3.27. The Balaban J connectivity index is 1.72. The lowest BCUT2D eigenvalue weighted by Crippen LogP contribution is -2.69. The molecule has 15 heteroatoms. The number of nitrogens with two attached hydrogens (primary N) is 3. The molecule has 3 fully saturated rings. The molecule has 3 saturated heterocycles. The molecule has 12 N–H and O–H groups in total. The molecule has 206 valence electrons. The van der Waals surface area contributed by atoms with Crippen LogP contribution >= 0.6 is 0 Å². The molecule has 0 saturated carbocycles. The van der Waals surface area contributed by atoms with Crippen LogP contribution in [-0.4, -0.2) is 143 Å². The van der Waals surface area contributed by atoms with Gasteiger partial charge in [-0.15, -0.1) is 0 Å². The van der Waals surface area contributed by atoms with Gasteiger partial charge in [0.2, 0.25) is 0 Å². The van der Waals surface area contributed by atoms with Gasteiger partial charge in [0.1, 0.15) is 36.6 Å². The molecule has 15 nitrogen and oxygen atoms in total. The van der Waals surface area contributed by atoms with Crippen LogP contribution in [-0.2, 0) is 28.4 Å². The second kappa shape index (κ2) is 12.3. The lowest BCUT2D eigenvalue weighted by Gasteiger charge is -2.49. The van der Waals surface area contributed by atoms with Crippen LogP contribution in [0.15, 0.2) is 0 Å². The molecule has 0 bridgehead atoms. The summed E-state index contributed by atoms with van der Waals surface area (Å²) in [7, 11) is 1.33. The second-order valence-corrected chi connectivity index (χ2v) is 9.18. The zero-order valence-electron chi connectivity index (χ0n) is 19.6. The van der Waals surface area contributed by atoms with Gasteiger partial charge in [-0.3, -0.25) is 0 Å². The maximum Gasteiger partial charge on any atom is 0.176 e. The van der Waals surface area contributed by atoms with E-state index in [0.717, 1.165) is 0 Å². The van der Waals surface area contributed by atoms with Crippen molar-refractivity contribution in [1.82, 2.24) is 0 Å². The maximum absolute atomic E-state index is 10.9. The third-order valence-electron chi connectivity index (χ3n) is 6.94. The lowest BCUT2D eigenvalue weighted by atomic mass is 9.89. The minimum atomic E-state index is -1.47. The molecule has 0 aromatic rings. The van der Waals surface area contributed by atoms with Crippen molar-refractivity contribution >= 4 is 0 Å². The molecular formula is C20H39N3O12. The zero-order valence-corrected chi connectivity index (χ0v) is 19.6. The Morgan fingerprint density at radius 3 is 1.43 bits per heavy atom. The zero-order chi connectivity index (χ0) is 26.0. The van der Waals surface area contributed by atoms with E-state index in [1.54, 1.807) is 6.92 Å². The van der Waals surface area contributed by atoms with E-state index in [1.807, 2.05) is 0 Å². The second-order valence-electron chi connectivity index (χ2n) is 9.18. The van der Waals surface area contributed by atoms with Crippen LogP contribution in [0.3, 0.4) is 0 Å². The molecule has 3 heterocycles. The number of aliphatic hydroxyl groups excluding tert-OH is 6. The molecule has 0 radical (unpaired) electrons. The fraction of sp³-hybridized carbons (Fsp3) is 1.00. The first-order valence-electron chi connectivity index (χ1n) is 11.5. The van der Waals surface area contributed by atoms with E-state index in [2.05, 4.69) is 0 Å². The van der Waals surface area contributed by atoms with Crippen molar-refractivity contribution in [3.05, 3.63) is 0 Å². The maximum atomic E-state index is 10.9. The molecule has 6 unspecified atom stereocenters. The van der Waals surface area contributed by atoms with Gasteiger partial charge in [-0.05, 0) is 0 Å². The molecule has 3 aliphatic rings. The number of hydrogen-bond acceptors (Lipinski definition) is 15. The third-order valence-corrected chi connectivity index (χ3v) is 6.94. The van der Waals surface area contributed by atoms with Gasteiger partial charge in [0.25, 0.3) is 0 Å². The van der Waals surface area contributed by atoms with Gasteiger partial charge < -0.3 is 76.3 Å². The number of rotatable bonds is 8. The fourth-order valence-corrected chi connectivity index (χ4v) is 4.61. The summed E-state index contributed by atoms with van der Waals surface area (Å²) in [4.78, 5) is 0. The fourth-order valence-electron chi connectivity index (χ4n) is 4.61. The third kappa shape index (κ3) is 5.79. The van der Waals surface area contributed by atoms with Gasteiger partial charge in [-0.25, -0.2) is 0 Å². The van der Waals surface area contributed by atoms with Crippen LogP contribution in [0.5, 0.6) is 0 Å². The van der Waals surface area contributed by atoms with Crippen molar-refractivity contribution in [2.45, 2.75) is 92.8 Å². The summed E-state index contributed by atoms with van der Waals surface area (Å²) in [6.45, 7) is 0.102. The highest BCUT2D eigenvalue weighted by Gasteiger charge is 2.52. The lowest BCUT2D eigenvalue weighted by molar-refractivity contribution is -0.347. The SMILES string of the molecule is CO[C@@H]1OC(CO)[C@H](O[C@H]2O[C@@H](CO)[C@@H](O[C@@H]3OC(CO)[C@H](C)[C@@H](O)C3N)C(O)C2N)[C@@H](O)C1N. The summed E-state index contributed by atoms with van der Waals surface area (Å²) >= 11 is 0. The van der Waals surface area contributed by atoms with E-state index in [0.29, 0.717) is 0 Å². The molecule has 0 spiro atoms. The average molecular weight is 514 g/mol. The monoisotopic (exact) mass is 513 g/mol. The Hall–Kier alpha value is -0.600. The number of ether oxygens (including phenoxy) is 6. The Morgan fingerprint density at radius 2 is 1.00 bits per heavy atom. The summed E-state index contributed by atoms with van der Waals surface area (Å²) in [5.41, 5.74) is 18.1. The van der Waals surface area contributed by atoms with E-state index in [4.69, 9.17) is 45.6 Å². The van der Waals surface area contributed by atoms with E-state index in [9.17, 15) is 30.6 Å². The summed E-state index contributed by atoms with van der Waals surface area (Å²) in [5.74, 6) is -0.469. The van der Waals surface area contributed by atoms with Gasteiger partial charge in [0.15, 0.2) is 18.9 Å². The van der Waals surface area contributed by atoms with Crippen LogP contribution in [0.1, 0.15) is 6.92 Å². The molecule has 35 heavy (non-hydrogen) atoms. The molecule has 0 amide bonds. The highest BCUT2D eigenvalue weighted by atomic mass is 16.7. The van der Waals surface area contributed by atoms with Crippen molar-refractivity contribution in [3.63, 3.8) is 0 Å². The van der Waals surface area contributed by atoms with Crippen molar-refractivity contribution in [1.29, 1.82) is 0 Å². The summed E-state index contributed by atoms with van der Waals surface area (Å²) in [5, 5.41) is 61.0. The first kappa shape index (κ1) is 29.0. The van der Waals surface area contributed by atoms with Crippen molar-refractivity contribution in [2.24, 2.45) is 23.1 Å². The summed E-state index contributed by atoms with van der Waals surface area (Å²) < 4.78 is 33.5. The van der Waals surface area contributed by atoms with Crippen molar-refractivity contribution in [2.75, 3.05) is 26.9 Å². The van der Waals surface area contributed by atoms with E-state index < -0.39 is 112 Å². The Bertz CT molecular complexity index is 661. The van der Waals surface area contributed by atoms with Gasteiger partial charge in [-0.2, -0.15) is 0 Å². The predicted molar refractivity (Wildman–Crippen MR) is 115 cm³/mol. The van der Waals surface area contributed by atoms with Gasteiger partial charge in [0, 0.05) is 13.0 Å². The standard InChI is InChI=1S/C20H39N3O12/c1-6-7(3-24)31-19(10(21)13(6)27)34-17-9(5-26)33-20(12(23)15(17)29)35-16-8(4-25)32-18(30-2)11(22)14(16)28/h6-20,24-29H,3-5,21-23H2,1-2H3/t6-,7?,8?,9-,10?,11?,12?,13+,14-,15?,16-,17+,18+,19-,20+/m0/s1. The van der Waals surface area contributed by atoms with E-state index >= 15 is 0 Å². The minimum absolute atomic E-state index is 0.392. The molecule has 0 aromatic heterocycles. The number of methoxy groups -OCH3 is 1. The van der Waals surface area contributed by atoms with Crippen molar-refractivity contribution < 1.29 is 59.1 Å². The summed E-state index contributed by atoms with van der Waals surface area (Å²) in [6.07, 6.45) is -12.9. The number of aliphatic hydroxyl groups is 6. The molecule has 0 aliphatic carbocycles. The van der Waals surface area contributed by atoms with Gasteiger partial charge in [-0.1, -0.05) is 6.92 Å². The average Bonchev–Trinajstić information content (AvgIpc) is 2.86. The first-order valence-corrected chi connectivity index (χ1v) is 11.5. The Labute approximate surface area is 202 Å². The van der Waals surface area contributed by atoms with Gasteiger partial charge in [0.05, 0.1) is 50.2 Å². The molecule has 3 aliphatic heterocycles. The van der Waals surface area contributed by atoms with E-state index in [-0.39, 0.29) is 0 Å². The van der Waals surface area contributed by atoms with E-state index in [1.165, 1.54) is 7.11 Å². The molecule has 3 rings (SSSR count). The highest BCUT2D eigenvalue weighted by molar-refractivity contribution is 4.98. The topological polar surface area (TPSA) is 255 Å². The Kier molecular flexibility index (Phi) is 10.2. The van der Waals surface area contributed by atoms with Crippen LogP contribution < -0.4 is 17.2 Å².